The minimum absolute atomic E-state index is 0.381. The highest BCUT2D eigenvalue weighted by molar-refractivity contribution is 9.10. The van der Waals surface area contributed by atoms with E-state index in [1.165, 1.54) is 19.3 Å². The summed E-state index contributed by atoms with van der Waals surface area (Å²) in [7, 11) is 0. The van der Waals surface area contributed by atoms with Crippen molar-refractivity contribution < 1.29 is 0 Å². The molecule has 1 atom stereocenters. The van der Waals surface area contributed by atoms with Crippen LogP contribution in [-0.2, 0) is 0 Å². The summed E-state index contributed by atoms with van der Waals surface area (Å²) in [6, 6.07) is 9.19. The van der Waals surface area contributed by atoms with Gasteiger partial charge in [-0.3, -0.25) is 0 Å². The molecule has 0 aliphatic carbocycles. The summed E-state index contributed by atoms with van der Waals surface area (Å²) in [4.78, 5) is 2.34. The number of nitriles is 1. The topological polar surface area (TPSA) is 39.1 Å². The zero-order valence-electron chi connectivity index (χ0n) is 12.2. The molecular weight excluding hydrogens is 314 g/mol. The lowest BCUT2D eigenvalue weighted by atomic mass is 10.0. The van der Waals surface area contributed by atoms with Gasteiger partial charge >= 0.3 is 0 Å². The second-order valence-corrected chi connectivity index (χ2v) is 6.58. The Morgan fingerprint density at radius 1 is 1.45 bits per heavy atom. The number of hydrogen-bond acceptors (Lipinski definition) is 3. The van der Waals surface area contributed by atoms with Crippen molar-refractivity contribution in [3.63, 3.8) is 0 Å². The van der Waals surface area contributed by atoms with E-state index in [-0.39, 0.29) is 0 Å². The van der Waals surface area contributed by atoms with Gasteiger partial charge in [-0.15, -0.1) is 0 Å². The maximum atomic E-state index is 9.37. The Morgan fingerprint density at radius 2 is 2.25 bits per heavy atom. The summed E-state index contributed by atoms with van der Waals surface area (Å²) in [5.41, 5.74) is 1.78. The lowest BCUT2D eigenvalue weighted by molar-refractivity contribution is 0.393. The Bertz CT molecular complexity index is 487. The Labute approximate surface area is 130 Å². The van der Waals surface area contributed by atoms with Gasteiger partial charge in [0.15, 0.2) is 0 Å². The highest BCUT2D eigenvalue weighted by atomic mass is 79.9. The highest BCUT2D eigenvalue weighted by Gasteiger charge is 2.21. The highest BCUT2D eigenvalue weighted by Crippen LogP contribution is 2.26. The Balaban J connectivity index is 2.22. The predicted octanol–water partition coefficient (Wildman–Crippen LogP) is 3.68. The maximum absolute atomic E-state index is 9.37. The van der Waals surface area contributed by atoms with E-state index < -0.39 is 0 Å². The monoisotopic (exact) mass is 335 g/mol. The quantitative estimate of drug-likeness (QED) is 0.912. The van der Waals surface area contributed by atoms with Gasteiger partial charge in [0.25, 0.3) is 0 Å². The Morgan fingerprint density at radius 3 is 2.85 bits per heavy atom. The van der Waals surface area contributed by atoms with Crippen LogP contribution in [0.15, 0.2) is 22.7 Å². The minimum atomic E-state index is 0.381. The summed E-state index contributed by atoms with van der Waals surface area (Å²) in [5.74, 6) is 0. The van der Waals surface area contributed by atoms with Crippen LogP contribution in [0.2, 0.25) is 0 Å². The second kappa shape index (κ2) is 7.10. The minimum Gasteiger partial charge on any atom is -0.366 e. The lowest BCUT2D eigenvalue weighted by Gasteiger charge is -2.35. The largest absolute Gasteiger partial charge is 0.366 e. The van der Waals surface area contributed by atoms with Crippen LogP contribution in [0.25, 0.3) is 0 Å². The first-order valence-electron chi connectivity index (χ1n) is 7.31. The molecule has 1 heterocycles. The van der Waals surface area contributed by atoms with Crippen LogP contribution in [0, 0.1) is 11.3 Å². The van der Waals surface area contributed by atoms with Gasteiger partial charge in [0.05, 0.1) is 11.3 Å². The van der Waals surface area contributed by atoms with Gasteiger partial charge in [-0.2, -0.15) is 5.26 Å². The van der Waals surface area contributed by atoms with Crippen molar-refractivity contribution in [1.82, 2.24) is 5.32 Å². The summed E-state index contributed by atoms with van der Waals surface area (Å²) < 4.78 is 0.956. The third-order valence-corrected chi connectivity index (χ3v) is 4.33. The van der Waals surface area contributed by atoms with Crippen LogP contribution in [-0.4, -0.2) is 25.2 Å². The fraction of sp³-hybridized carbons (Fsp3) is 0.562. The molecule has 0 amide bonds. The van der Waals surface area contributed by atoms with Gasteiger partial charge in [0.1, 0.15) is 6.07 Å². The third kappa shape index (κ3) is 3.74. The van der Waals surface area contributed by atoms with Crippen molar-refractivity contribution in [2.75, 3.05) is 18.0 Å². The van der Waals surface area contributed by atoms with Crippen LogP contribution >= 0.6 is 15.9 Å². The SMILES string of the molecule is CC(C)N(CC1CCCCN1)c1ccc(Br)cc1C#N. The molecule has 20 heavy (non-hydrogen) atoms. The van der Waals surface area contributed by atoms with Gasteiger partial charge in [0, 0.05) is 23.1 Å². The van der Waals surface area contributed by atoms with Crippen molar-refractivity contribution in [2.45, 2.75) is 45.2 Å². The third-order valence-electron chi connectivity index (χ3n) is 3.84. The van der Waals surface area contributed by atoms with Crippen molar-refractivity contribution in [1.29, 1.82) is 5.26 Å². The van der Waals surface area contributed by atoms with Crippen LogP contribution < -0.4 is 10.2 Å². The molecule has 1 aliphatic heterocycles. The zero-order chi connectivity index (χ0) is 14.5. The fourth-order valence-electron chi connectivity index (χ4n) is 2.75. The molecule has 108 valence electrons. The van der Waals surface area contributed by atoms with Crippen LogP contribution in [0.5, 0.6) is 0 Å². The summed E-state index contributed by atoms with van der Waals surface area (Å²) in [6.45, 7) is 6.45. The van der Waals surface area contributed by atoms with Gasteiger partial charge in [-0.1, -0.05) is 22.4 Å². The molecule has 0 radical (unpaired) electrons. The Kier molecular flexibility index (Phi) is 5.45. The zero-order valence-corrected chi connectivity index (χ0v) is 13.8. The van der Waals surface area contributed by atoms with Crippen molar-refractivity contribution in [3.8, 4) is 6.07 Å². The average Bonchev–Trinajstić information content (AvgIpc) is 2.46. The van der Waals surface area contributed by atoms with Gasteiger partial charge in [-0.25, -0.2) is 0 Å². The molecule has 4 heteroatoms. The van der Waals surface area contributed by atoms with E-state index in [1.807, 2.05) is 18.2 Å². The van der Waals surface area contributed by atoms with Crippen LogP contribution in [0.4, 0.5) is 5.69 Å². The molecule has 1 aromatic rings. The molecular formula is C16H22BrN3. The number of rotatable bonds is 4. The molecule has 0 aromatic heterocycles. The first-order valence-corrected chi connectivity index (χ1v) is 8.11. The Hall–Kier alpha value is -1.05. The molecule has 2 rings (SSSR count). The molecule has 0 spiro atoms. The number of nitrogens with one attached hydrogen (secondary N) is 1. The molecule has 0 saturated carbocycles. The number of halogens is 1. The van der Waals surface area contributed by atoms with Crippen LogP contribution in [0.3, 0.4) is 0 Å². The van der Waals surface area contributed by atoms with E-state index >= 15 is 0 Å². The number of anilines is 1. The second-order valence-electron chi connectivity index (χ2n) is 5.67. The molecule has 1 saturated heterocycles. The summed E-state index contributed by atoms with van der Waals surface area (Å²) in [5, 5.41) is 13.0. The van der Waals surface area contributed by atoms with Gasteiger partial charge in [0.2, 0.25) is 0 Å². The number of nitrogens with zero attached hydrogens (tertiary/aromatic N) is 2. The standard InChI is InChI=1S/C16H22BrN3/c1-12(2)20(11-15-5-3-4-8-19-15)16-7-6-14(17)9-13(16)10-18/h6-7,9,12,15,19H,3-5,8,11H2,1-2H3. The van der Waals surface area contributed by atoms with E-state index in [0.29, 0.717) is 12.1 Å². The number of hydrogen-bond donors (Lipinski definition) is 1. The molecule has 1 N–H and O–H groups in total. The van der Waals surface area contributed by atoms with Crippen molar-refractivity contribution in [3.05, 3.63) is 28.2 Å². The number of piperidine rings is 1. The molecule has 3 nitrogen and oxygen atoms in total. The number of benzene rings is 1. The molecule has 1 aromatic carbocycles. The molecule has 0 bridgehead atoms. The van der Waals surface area contributed by atoms with Crippen molar-refractivity contribution >= 4 is 21.6 Å². The van der Waals surface area contributed by atoms with Gasteiger partial charge < -0.3 is 10.2 Å². The fourth-order valence-corrected chi connectivity index (χ4v) is 3.11. The van der Waals surface area contributed by atoms with E-state index in [4.69, 9.17) is 0 Å². The summed E-state index contributed by atoms with van der Waals surface area (Å²) >= 11 is 3.44. The first kappa shape index (κ1) is 15.3. The van der Waals surface area contributed by atoms with E-state index in [9.17, 15) is 5.26 Å². The van der Waals surface area contributed by atoms with Gasteiger partial charge in [-0.05, 0) is 51.4 Å². The van der Waals surface area contributed by atoms with Crippen LogP contribution in [0.1, 0.15) is 38.7 Å². The smallest absolute Gasteiger partial charge is 0.101 e. The lowest BCUT2D eigenvalue weighted by Crippen LogP contribution is -2.46. The van der Waals surface area contributed by atoms with E-state index in [0.717, 1.165) is 28.8 Å². The molecule has 1 aliphatic rings. The van der Waals surface area contributed by atoms with E-state index in [1.54, 1.807) is 0 Å². The normalized spacial score (nSPS) is 18.9. The predicted molar refractivity (Wildman–Crippen MR) is 87.0 cm³/mol. The van der Waals surface area contributed by atoms with E-state index in [2.05, 4.69) is 46.1 Å². The molecule has 1 fully saturated rings. The first-order chi connectivity index (χ1) is 9.61. The maximum Gasteiger partial charge on any atom is 0.101 e. The molecule has 1 unspecified atom stereocenters. The van der Waals surface area contributed by atoms with Crippen molar-refractivity contribution in [2.24, 2.45) is 0 Å². The summed E-state index contributed by atoms with van der Waals surface area (Å²) in [6.07, 6.45) is 3.80. The average molecular weight is 336 g/mol.